The van der Waals surface area contributed by atoms with Gasteiger partial charge < -0.3 is 9.72 Å². The topological polar surface area (TPSA) is 42.1 Å². The van der Waals surface area contributed by atoms with Crippen molar-refractivity contribution in [1.29, 1.82) is 0 Å². The number of rotatable bonds is 2. The number of aromatic amines is 1. The Morgan fingerprint density at radius 3 is 2.93 bits per heavy atom. The number of thiophene rings is 1. The first-order valence-electron chi connectivity index (χ1n) is 4.07. The van der Waals surface area contributed by atoms with Crippen LogP contribution in [0.2, 0.25) is 0 Å². The lowest BCUT2D eigenvalue weighted by molar-refractivity contribution is 0.0606. The maximum absolute atomic E-state index is 11.2. The molecule has 2 heterocycles. The fourth-order valence-electron chi connectivity index (χ4n) is 1.09. The molecule has 0 spiro atoms. The Balaban J connectivity index is 2.35. The van der Waals surface area contributed by atoms with Crippen LogP contribution in [0.25, 0.3) is 10.6 Å². The maximum atomic E-state index is 11.2. The summed E-state index contributed by atoms with van der Waals surface area (Å²) >= 11 is 7.85. The Bertz CT molecular complexity index is 537. The average Bonchev–Trinajstić information content (AvgIpc) is 2.84. The van der Waals surface area contributed by atoms with Gasteiger partial charge >= 0.3 is 5.97 Å². The Hall–Kier alpha value is -0.980. The molecule has 0 aliphatic rings. The quantitative estimate of drug-likeness (QED) is 0.663. The number of ether oxygens (including phenoxy) is 1. The molecule has 0 unspecified atom stereocenters. The number of nitrogens with one attached hydrogen (secondary N) is 1. The zero-order valence-electron chi connectivity index (χ0n) is 7.77. The van der Waals surface area contributed by atoms with E-state index in [9.17, 15) is 4.79 Å². The van der Waals surface area contributed by atoms with E-state index in [2.05, 4.69) is 9.72 Å². The summed E-state index contributed by atoms with van der Waals surface area (Å²) in [6.07, 6.45) is 0. The Labute approximate surface area is 99.4 Å². The highest BCUT2D eigenvalue weighted by atomic mass is 32.1. The van der Waals surface area contributed by atoms with Crippen LogP contribution in [-0.4, -0.2) is 18.1 Å². The number of hydrogen-bond donors (Lipinski definition) is 1. The van der Waals surface area contributed by atoms with Crippen LogP contribution in [0.3, 0.4) is 0 Å². The van der Waals surface area contributed by atoms with Crippen LogP contribution in [0.15, 0.2) is 17.5 Å². The van der Waals surface area contributed by atoms with Crippen molar-refractivity contribution in [1.82, 2.24) is 4.98 Å². The molecular weight excluding hydrogens is 250 g/mol. The molecule has 0 atom stereocenters. The Morgan fingerprint density at radius 2 is 2.33 bits per heavy atom. The SMILES string of the molecule is COC(=O)c1ccc(-c2csc(=S)[nH]2)s1. The molecule has 6 heteroatoms. The van der Waals surface area contributed by atoms with Crippen molar-refractivity contribution in [2.75, 3.05) is 7.11 Å². The van der Waals surface area contributed by atoms with Crippen LogP contribution in [0.1, 0.15) is 9.67 Å². The number of carbonyl (C=O) groups excluding carboxylic acids is 1. The number of methoxy groups -OCH3 is 1. The molecule has 0 aliphatic carbocycles. The normalized spacial score (nSPS) is 10.2. The van der Waals surface area contributed by atoms with E-state index >= 15 is 0 Å². The first kappa shape index (κ1) is 10.5. The van der Waals surface area contributed by atoms with Crippen LogP contribution in [0, 0.1) is 3.95 Å². The molecule has 0 fully saturated rings. The minimum atomic E-state index is -0.305. The maximum Gasteiger partial charge on any atom is 0.348 e. The zero-order chi connectivity index (χ0) is 10.8. The molecule has 1 N–H and O–H groups in total. The first-order chi connectivity index (χ1) is 7.20. The van der Waals surface area contributed by atoms with Crippen LogP contribution in [-0.2, 0) is 4.74 Å². The zero-order valence-corrected chi connectivity index (χ0v) is 10.2. The lowest BCUT2D eigenvalue weighted by Crippen LogP contribution is -1.96. The molecule has 0 radical (unpaired) electrons. The molecule has 0 bridgehead atoms. The molecule has 2 aromatic heterocycles. The number of thiazole rings is 1. The highest BCUT2D eigenvalue weighted by molar-refractivity contribution is 7.73. The number of H-pyrrole nitrogens is 1. The minimum absolute atomic E-state index is 0.305. The molecular formula is C9H7NO2S3. The minimum Gasteiger partial charge on any atom is -0.465 e. The van der Waals surface area contributed by atoms with E-state index in [1.54, 1.807) is 6.07 Å². The standard InChI is InChI=1S/C9H7NO2S3/c1-12-8(11)7-3-2-6(15-7)5-4-14-9(13)10-5/h2-4H,1H3,(H,10,13). The van der Waals surface area contributed by atoms with E-state index in [1.807, 2.05) is 11.4 Å². The van der Waals surface area contributed by atoms with Gasteiger partial charge in [0.05, 0.1) is 17.7 Å². The summed E-state index contributed by atoms with van der Waals surface area (Å²) in [5.74, 6) is -0.305. The summed E-state index contributed by atoms with van der Waals surface area (Å²) in [4.78, 5) is 15.9. The molecule has 2 rings (SSSR count). The van der Waals surface area contributed by atoms with Gasteiger partial charge in [0, 0.05) is 5.38 Å². The second kappa shape index (κ2) is 4.26. The third-order valence-corrected chi connectivity index (χ3v) is 3.94. The smallest absolute Gasteiger partial charge is 0.348 e. The highest BCUT2D eigenvalue weighted by Crippen LogP contribution is 2.28. The summed E-state index contributed by atoms with van der Waals surface area (Å²) in [5.41, 5.74) is 0.949. The van der Waals surface area contributed by atoms with Gasteiger partial charge in [0.1, 0.15) is 4.88 Å². The summed E-state index contributed by atoms with van der Waals surface area (Å²) in [6.45, 7) is 0. The van der Waals surface area contributed by atoms with Crippen LogP contribution < -0.4 is 0 Å². The lowest BCUT2D eigenvalue weighted by atomic mass is 10.4. The van der Waals surface area contributed by atoms with Crippen molar-refractivity contribution >= 4 is 40.9 Å². The molecule has 15 heavy (non-hydrogen) atoms. The number of hydrogen-bond acceptors (Lipinski definition) is 5. The first-order valence-corrected chi connectivity index (χ1v) is 6.17. The van der Waals surface area contributed by atoms with Gasteiger partial charge in [-0.2, -0.15) is 0 Å². The van der Waals surface area contributed by atoms with Gasteiger partial charge in [0.2, 0.25) is 0 Å². The molecule has 0 aromatic carbocycles. The van der Waals surface area contributed by atoms with Crippen LogP contribution in [0.5, 0.6) is 0 Å². The average molecular weight is 257 g/mol. The molecule has 0 aliphatic heterocycles. The van der Waals surface area contributed by atoms with E-state index in [0.717, 1.165) is 14.5 Å². The van der Waals surface area contributed by atoms with Crippen molar-refractivity contribution in [3.05, 3.63) is 26.3 Å². The fraction of sp³-hybridized carbons (Fsp3) is 0.111. The van der Waals surface area contributed by atoms with Crippen molar-refractivity contribution in [3.63, 3.8) is 0 Å². The molecule has 0 saturated heterocycles. The van der Waals surface area contributed by atoms with E-state index in [1.165, 1.54) is 29.8 Å². The van der Waals surface area contributed by atoms with Gasteiger partial charge in [-0.05, 0) is 24.4 Å². The number of aromatic nitrogens is 1. The number of carbonyl (C=O) groups is 1. The Morgan fingerprint density at radius 1 is 1.53 bits per heavy atom. The van der Waals surface area contributed by atoms with Crippen molar-refractivity contribution in [3.8, 4) is 10.6 Å². The number of esters is 1. The predicted octanol–water partition coefficient (Wildman–Crippen LogP) is 3.32. The molecule has 2 aromatic rings. The summed E-state index contributed by atoms with van der Waals surface area (Å²) in [7, 11) is 1.37. The molecule has 0 saturated carbocycles. The van der Waals surface area contributed by atoms with Crippen LogP contribution in [0.4, 0.5) is 0 Å². The van der Waals surface area contributed by atoms with Crippen molar-refractivity contribution in [2.45, 2.75) is 0 Å². The van der Waals surface area contributed by atoms with Gasteiger partial charge in [0.25, 0.3) is 0 Å². The van der Waals surface area contributed by atoms with E-state index in [4.69, 9.17) is 12.2 Å². The van der Waals surface area contributed by atoms with Crippen molar-refractivity contribution in [2.24, 2.45) is 0 Å². The van der Waals surface area contributed by atoms with Gasteiger partial charge in [-0.1, -0.05) is 0 Å². The monoisotopic (exact) mass is 257 g/mol. The lowest BCUT2D eigenvalue weighted by Gasteiger charge is -1.92. The second-order valence-electron chi connectivity index (χ2n) is 2.72. The van der Waals surface area contributed by atoms with E-state index < -0.39 is 0 Å². The van der Waals surface area contributed by atoms with E-state index in [0.29, 0.717) is 4.88 Å². The fourth-order valence-corrected chi connectivity index (χ4v) is 2.90. The van der Waals surface area contributed by atoms with Gasteiger partial charge in [-0.25, -0.2) is 4.79 Å². The van der Waals surface area contributed by atoms with Crippen molar-refractivity contribution < 1.29 is 9.53 Å². The summed E-state index contributed by atoms with van der Waals surface area (Å²) in [5, 5.41) is 1.94. The summed E-state index contributed by atoms with van der Waals surface area (Å²) in [6, 6.07) is 3.63. The Kier molecular flexibility index (Phi) is 2.99. The predicted molar refractivity (Wildman–Crippen MR) is 64.2 cm³/mol. The van der Waals surface area contributed by atoms with E-state index in [-0.39, 0.29) is 5.97 Å². The molecule has 0 amide bonds. The largest absolute Gasteiger partial charge is 0.465 e. The molecule has 78 valence electrons. The van der Waals surface area contributed by atoms with Crippen LogP contribution >= 0.6 is 34.9 Å². The van der Waals surface area contributed by atoms with Gasteiger partial charge in [-0.3, -0.25) is 0 Å². The molecule has 3 nitrogen and oxygen atoms in total. The second-order valence-corrected chi connectivity index (χ2v) is 5.35. The third-order valence-electron chi connectivity index (χ3n) is 1.78. The van der Waals surface area contributed by atoms with Gasteiger partial charge in [0.15, 0.2) is 3.95 Å². The highest BCUT2D eigenvalue weighted by Gasteiger charge is 2.10. The third kappa shape index (κ3) is 2.17. The van der Waals surface area contributed by atoms with Gasteiger partial charge in [-0.15, -0.1) is 22.7 Å². The summed E-state index contributed by atoms with van der Waals surface area (Å²) < 4.78 is 5.37.